The van der Waals surface area contributed by atoms with Crippen molar-refractivity contribution < 1.29 is 14.6 Å². The highest BCUT2D eigenvalue weighted by molar-refractivity contribution is 8.00. The smallest absolute Gasteiger partial charge is 0.233 e. The summed E-state index contributed by atoms with van der Waals surface area (Å²) in [6.45, 7) is 4.08. The fourth-order valence-corrected chi connectivity index (χ4v) is 3.11. The van der Waals surface area contributed by atoms with E-state index in [1.165, 1.54) is 11.8 Å². The number of benzene rings is 2. The number of amides is 1. The molecule has 0 aliphatic heterocycles. The monoisotopic (exact) mass is 379 g/mol. The molecule has 0 radical (unpaired) electrons. The lowest BCUT2D eigenvalue weighted by Crippen LogP contribution is -2.38. The van der Waals surface area contributed by atoms with Gasteiger partial charge >= 0.3 is 0 Å². The molecule has 0 saturated carbocycles. The first kappa shape index (κ1) is 19.6. The first-order valence-corrected chi connectivity index (χ1v) is 9.27. The van der Waals surface area contributed by atoms with Gasteiger partial charge in [-0.25, -0.2) is 0 Å². The largest absolute Gasteiger partial charge is 0.491 e. The third-order valence-electron chi connectivity index (χ3n) is 3.44. The minimum Gasteiger partial charge on any atom is -0.491 e. The number of aryl methyl sites for hydroxylation is 1. The van der Waals surface area contributed by atoms with Gasteiger partial charge < -0.3 is 15.2 Å². The molecule has 6 heteroatoms. The zero-order valence-electron chi connectivity index (χ0n) is 14.2. The molecular formula is C19H22ClNO3S. The summed E-state index contributed by atoms with van der Waals surface area (Å²) in [5, 5.41) is 13.1. The molecule has 0 bridgehead atoms. The highest BCUT2D eigenvalue weighted by Gasteiger charge is 2.16. The maximum atomic E-state index is 12.1. The Kier molecular flexibility index (Phi) is 7.62. The Morgan fingerprint density at radius 3 is 2.68 bits per heavy atom. The number of ether oxygens (including phenoxy) is 1. The summed E-state index contributed by atoms with van der Waals surface area (Å²) < 4.78 is 5.53. The molecule has 2 rings (SSSR count). The maximum Gasteiger partial charge on any atom is 0.233 e. The van der Waals surface area contributed by atoms with Crippen LogP contribution in [-0.2, 0) is 4.79 Å². The number of halogens is 1. The van der Waals surface area contributed by atoms with Crippen molar-refractivity contribution in [3.05, 3.63) is 59.1 Å². The van der Waals surface area contributed by atoms with E-state index in [-0.39, 0.29) is 24.3 Å². The van der Waals surface area contributed by atoms with E-state index in [9.17, 15) is 9.90 Å². The summed E-state index contributed by atoms with van der Waals surface area (Å²) in [7, 11) is 0. The van der Waals surface area contributed by atoms with Crippen molar-refractivity contribution in [2.24, 2.45) is 0 Å². The molecule has 25 heavy (non-hydrogen) atoms. The van der Waals surface area contributed by atoms with Crippen molar-refractivity contribution in [1.82, 2.24) is 5.32 Å². The van der Waals surface area contributed by atoms with Crippen LogP contribution < -0.4 is 10.1 Å². The standard InChI is InChI=1S/C19H22ClNO3S/c1-13-4-3-5-17(10-13)24-12-16(22)11-21-19(23)14(2)25-18-8-6-15(20)7-9-18/h3-10,14,16,22H,11-12H2,1-2H3,(H,21,23). The van der Waals surface area contributed by atoms with Crippen LogP contribution in [0, 0.1) is 6.92 Å². The van der Waals surface area contributed by atoms with Crippen LogP contribution in [-0.4, -0.2) is 35.5 Å². The number of rotatable bonds is 8. The second-order valence-electron chi connectivity index (χ2n) is 5.74. The van der Waals surface area contributed by atoms with Gasteiger partial charge in [-0.15, -0.1) is 11.8 Å². The van der Waals surface area contributed by atoms with Crippen LogP contribution in [0.25, 0.3) is 0 Å². The van der Waals surface area contributed by atoms with Crippen LogP contribution in [0.15, 0.2) is 53.4 Å². The summed E-state index contributed by atoms with van der Waals surface area (Å²) in [4.78, 5) is 13.1. The Morgan fingerprint density at radius 1 is 1.28 bits per heavy atom. The van der Waals surface area contributed by atoms with Gasteiger partial charge in [-0.1, -0.05) is 23.7 Å². The van der Waals surface area contributed by atoms with E-state index in [4.69, 9.17) is 16.3 Å². The van der Waals surface area contributed by atoms with Crippen LogP contribution in [0.4, 0.5) is 0 Å². The fourth-order valence-electron chi connectivity index (χ4n) is 2.09. The summed E-state index contributed by atoms with van der Waals surface area (Å²) >= 11 is 7.29. The number of hydrogen-bond donors (Lipinski definition) is 2. The Hall–Kier alpha value is -1.69. The number of aliphatic hydroxyl groups excluding tert-OH is 1. The molecule has 2 atom stereocenters. The SMILES string of the molecule is Cc1cccc(OCC(O)CNC(=O)C(C)Sc2ccc(Cl)cc2)c1. The molecule has 2 unspecified atom stereocenters. The lowest BCUT2D eigenvalue weighted by molar-refractivity contribution is -0.120. The molecule has 4 nitrogen and oxygen atoms in total. The van der Waals surface area contributed by atoms with Gasteiger partial charge in [0.1, 0.15) is 18.5 Å². The second kappa shape index (κ2) is 9.70. The zero-order valence-corrected chi connectivity index (χ0v) is 15.8. The van der Waals surface area contributed by atoms with Crippen molar-refractivity contribution in [3.63, 3.8) is 0 Å². The first-order chi connectivity index (χ1) is 11.9. The van der Waals surface area contributed by atoms with Crippen molar-refractivity contribution >= 4 is 29.3 Å². The summed E-state index contributed by atoms with van der Waals surface area (Å²) in [6, 6.07) is 14.9. The summed E-state index contributed by atoms with van der Waals surface area (Å²) in [5.41, 5.74) is 1.09. The Balaban J connectivity index is 1.71. The van der Waals surface area contributed by atoms with Crippen molar-refractivity contribution in [3.8, 4) is 5.75 Å². The molecule has 0 aliphatic rings. The topological polar surface area (TPSA) is 58.6 Å². The van der Waals surface area contributed by atoms with Crippen molar-refractivity contribution in [1.29, 1.82) is 0 Å². The first-order valence-electron chi connectivity index (χ1n) is 8.01. The Bertz CT molecular complexity index is 693. The van der Waals surface area contributed by atoms with Crippen LogP contribution in [0.3, 0.4) is 0 Å². The van der Waals surface area contributed by atoms with Gasteiger partial charge in [0.15, 0.2) is 0 Å². The van der Waals surface area contributed by atoms with Gasteiger partial charge in [0.05, 0.1) is 5.25 Å². The summed E-state index contributed by atoms with van der Waals surface area (Å²) in [6.07, 6.45) is -0.766. The molecule has 0 fully saturated rings. The van der Waals surface area contributed by atoms with Gasteiger partial charge in [-0.05, 0) is 55.8 Å². The average Bonchev–Trinajstić information content (AvgIpc) is 2.60. The van der Waals surface area contributed by atoms with Gasteiger partial charge in [-0.2, -0.15) is 0 Å². The van der Waals surface area contributed by atoms with Crippen molar-refractivity contribution in [2.45, 2.75) is 30.1 Å². The minimum atomic E-state index is -0.766. The normalized spacial score (nSPS) is 13.1. The molecule has 0 aliphatic carbocycles. The van der Waals surface area contributed by atoms with Gasteiger partial charge in [0.2, 0.25) is 5.91 Å². The molecule has 2 aromatic rings. The highest BCUT2D eigenvalue weighted by atomic mass is 35.5. The van der Waals surface area contributed by atoms with E-state index >= 15 is 0 Å². The van der Waals surface area contributed by atoms with Gasteiger partial charge in [-0.3, -0.25) is 4.79 Å². The Labute approximate surface area is 157 Å². The van der Waals surface area contributed by atoms with E-state index in [1.807, 2.05) is 50.2 Å². The number of aliphatic hydroxyl groups is 1. The number of nitrogens with one attached hydrogen (secondary N) is 1. The fraction of sp³-hybridized carbons (Fsp3) is 0.316. The van der Waals surface area contributed by atoms with E-state index in [2.05, 4.69) is 5.32 Å². The lowest BCUT2D eigenvalue weighted by Gasteiger charge is -2.16. The predicted octanol–water partition coefficient (Wildman–Crippen LogP) is 3.69. The molecule has 2 aromatic carbocycles. The van der Waals surface area contributed by atoms with Crippen LogP contribution in [0.1, 0.15) is 12.5 Å². The van der Waals surface area contributed by atoms with Gasteiger partial charge in [0, 0.05) is 16.5 Å². The van der Waals surface area contributed by atoms with E-state index in [0.29, 0.717) is 10.8 Å². The highest BCUT2D eigenvalue weighted by Crippen LogP contribution is 2.24. The Morgan fingerprint density at radius 2 is 2.00 bits per heavy atom. The molecule has 0 aromatic heterocycles. The molecule has 2 N–H and O–H groups in total. The number of thioether (sulfide) groups is 1. The molecule has 0 spiro atoms. The number of carbonyl (C=O) groups excluding carboxylic acids is 1. The van der Waals surface area contributed by atoms with E-state index in [0.717, 1.165) is 10.5 Å². The zero-order chi connectivity index (χ0) is 18.2. The van der Waals surface area contributed by atoms with E-state index < -0.39 is 6.10 Å². The third kappa shape index (κ3) is 6.98. The maximum absolute atomic E-state index is 12.1. The molecule has 134 valence electrons. The van der Waals surface area contributed by atoms with Crippen molar-refractivity contribution in [2.75, 3.05) is 13.2 Å². The average molecular weight is 380 g/mol. The lowest BCUT2D eigenvalue weighted by atomic mass is 10.2. The molecule has 0 saturated heterocycles. The molecule has 1 amide bonds. The second-order valence-corrected chi connectivity index (χ2v) is 7.59. The van der Waals surface area contributed by atoms with Crippen LogP contribution in [0.2, 0.25) is 5.02 Å². The third-order valence-corrected chi connectivity index (χ3v) is 4.80. The van der Waals surface area contributed by atoms with Gasteiger partial charge in [0.25, 0.3) is 0 Å². The van der Waals surface area contributed by atoms with Crippen LogP contribution >= 0.6 is 23.4 Å². The quantitative estimate of drug-likeness (QED) is 0.687. The molecule has 0 heterocycles. The predicted molar refractivity (Wildman–Crippen MR) is 102 cm³/mol. The number of carbonyl (C=O) groups is 1. The van der Waals surface area contributed by atoms with E-state index in [1.54, 1.807) is 12.1 Å². The number of hydrogen-bond acceptors (Lipinski definition) is 4. The molecular weight excluding hydrogens is 358 g/mol. The van der Waals surface area contributed by atoms with Crippen LogP contribution in [0.5, 0.6) is 5.75 Å². The summed E-state index contributed by atoms with van der Waals surface area (Å²) in [5.74, 6) is 0.576. The minimum absolute atomic E-state index is 0.127.